The number of nitrogens with one attached hydrogen (secondary N) is 1. The lowest BCUT2D eigenvalue weighted by Gasteiger charge is -2.19. The average molecular weight is 308 g/mol. The Morgan fingerprint density at radius 2 is 1.95 bits per heavy atom. The van der Waals surface area contributed by atoms with Gasteiger partial charge in [0.05, 0.1) is 0 Å². The van der Waals surface area contributed by atoms with Crippen LogP contribution in [-0.4, -0.2) is 30.6 Å². The van der Waals surface area contributed by atoms with Crippen LogP contribution in [0, 0.1) is 12.8 Å². The van der Waals surface area contributed by atoms with Gasteiger partial charge in [0.25, 0.3) is 5.91 Å². The summed E-state index contributed by atoms with van der Waals surface area (Å²) in [6.07, 6.45) is -1.11. The number of carbonyl (C=O) groups excluding carboxylic acids is 3. The van der Waals surface area contributed by atoms with Crippen LogP contribution in [0.15, 0.2) is 24.3 Å². The van der Waals surface area contributed by atoms with Gasteiger partial charge in [0.1, 0.15) is 5.75 Å². The van der Waals surface area contributed by atoms with Gasteiger partial charge in [-0.1, -0.05) is 26.0 Å². The molecule has 0 saturated carbocycles. The van der Waals surface area contributed by atoms with Gasteiger partial charge in [0, 0.05) is 0 Å². The molecule has 0 fully saturated rings. The van der Waals surface area contributed by atoms with Crippen molar-refractivity contribution in [3.63, 3.8) is 0 Å². The maximum absolute atomic E-state index is 11.8. The normalized spacial score (nSPS) is 11.6. The minimum Gasteiger partial charge on any atom is -0.482 e. The van der Waals surface area contributed by atoms with Gasteiger partial charge < -0.3 is 15.2 Å². The molecule has 0 aliphatic rings. The molecule has 1 aromatic carbocycles. The molecule has 1 aromatic rings. The first kappa shape index (κ1) is 17.5. The molecule has 1 rings (SSSR count). The zero-order valence-electron chi connectivity index (χ0n) is 12.8. The van der Waals surface area contributed by atoms with Crippen molar-refractivity contribution in [2.45, 2.75) is 26.9 Å². The van der Waals surface area contributed by atoms with Gasteiger partial charge in [-0.15, -0.1) is 0 Å². The maximum atomic E-state index is 11.8. The Bertz CT molecular complexity index is 557. The van der Waals surface area contributed by atoms with E-state index in [-0.39, 0.29) is 12.5 Å². The number of ether oxygens (including phenoxy) is 2. The van der Waals surface area contributed by atoms with Crippen LogP contribution in [0.4, 0.5) is 4.79 Å². The molecular weight excluding hydrogens is 288 g/mol. The molecule has 7 nitrogen and oxygen atoms in total. The summed E-state index contributed by atoms with van der Waals surface area (Å²) in [6.45, 7) is 4.92. The number of carbonyl (C=O) groups is 3. The first-order valence-electron chi connectivity index (χ1n) is 6.79. The summed E-state index contributed by atoms with van der Waals surface area (Å²) in [7, 11) is 0. The quantitative estimate of drug-likeness (QED) is 0.766. The molecule has 120 valence electrons. The Hall–Kier alpha value is -2.57. The van der Waals surface area contributed by atoms with Crippen molar-refractivity contribution in [3.8, 4) is 5.75 Å². The van der Waals surface area contributed by atoms with Crippen LogP contribution < -0.4 is 15.8 Å². The third kappa shape index (κ3) is 5.82. The first-order chi connectivity index (χ1) is 10.3. The molecule has 0 spiro atoms. The highest BCUT2D eigenvalue weighted by molar-refractivity contribution is 5.96. The molecule has 0 heterocycles. The van der Waals surface area contributed by atoms with Crippen LogP contribution in [0.5, 0.6) is 5.75 Å². The van der Waals surface area contributed by atoms with Gasteiger partial charge in [0.15, 0.2) is 12.7 Å². The van der Waals surface area contributed by atoms with Crippen LogP contribution in [0.3, 0.4) is 0 Å². The largest absolute Gasteiger partial charge is 0.482 e. The molecule has 0 aliphatic heterocycles. The van der Waals surface area contributed by atoms with Crippen molar-refractivity contribution in [2.75, 3.05) is 6.61 Å². The predicted molar refractivity (Wildman–Crippen MR) is 79.1 cm³/mol. The van der Waals surface area contributed by atoms with Gasteiger partial charge in [-0.3, -0.25) is 10.1 Å². The highest BCUT2D eigenvalue weighted by Gasteiger charge is 2.27. The Labute approximate surface area is 128 Å². The van der Waals surface area contributed by atoms with E-state index in [1.54, 1.807) is 32.0 Å². The molecule has 0 unspecified atom stereocenters. The minimum absolute atomic E-state index is 0.317. The average Bonchev–Trinajstić information content (AvgIpc) is 2.41. The molecule has 0 aromatic heterocycles. The molecule has 3 N–H and O–H groups in total. The van der Waals surface area contributed by atoms with E-state index in [1.165, 1.54) is 0 Å². The van der Waals surface area contributed by atoms with Crippen LogP contribution in [0.2, 0.25) is 0 Å². The molecule has 0 aliphatic carbocycles. The smallest absolute Gasteiger partial charge is 0.344 e. The predicted octanol–water partition coefficient (Wildman–Crippen LogP) is 1.14. The molecule has 0 saturated heterocycles. The molecule has 1 atom stereocenters. The van der Waals surface area contributed by atoms with E-state index in [1.807, 2.05) is 18.3 Å². The zero-order valence-corrected chi connectivity index (χ0v) is 12.8. The number of hydrogen-bond acceptors (Lipinski definition) is 5. The number of amides is 3. The van der Waals surface area contributed by atoms with Crippen molar-refractivity contribution in [3.05, 3.63) is 29.8 Å². The van der Waals surface area contributed by atoms with Gasteiger partial charge in [-0.25, -0.2) is 9.59 Å². The van der Waals surface area contributed by atoms with E-state index < -0.39 is 24.0 Å². The van der Waals surface area contributed by atoms with Crippen molar-refractivity contribution in [2.24, 2.45) is 11.7 Å². The fraction of sp³-hybridized carbons (Fsp3) is 0.400. The van der Waals surface area contributed by atoms with E-state index in [4.69, 9.17) is 15.2 Å². The molecule has 7 heteroatoms. The lowest BCUT2D eigenvalue weighted by molar-refractivity contribution is -0.160. The third-order valence-electron chi connectivity index (χ3n) is 2.71. The summed E-state index contributed by atoms with van der Waals surface area (Å²) in [4.78, 5) is 34.2. The second-order valence-corrected chi connectivity index (χ2v) is 5.11. The van der Waals surface area contributed by atoms with Crippen LogP contribution in [-0.2, 0) is 14.3 Å². The van der Waals surface area contributed by atoms with E-state index in [0.717, 1.165) is 5.56 Å². The molecular formula is C15H20N2O5. The van der Waals surface area contributed by atoms with Crippen LogP contribution in [0.1, 0.15) is 19.4 Å². The van der Waals surface area contributed by atoms with Gasteiger partial charge in [-0.2, -0.15) is 0 Å². The first-order valence-corrected chi connectivity index (χ1v) is 6.79. The second kappa shape index (κ2) is 8.02. The third-order valence-corrected chi connectivity index (χ3v) is 2.71. The molecule has 0 radical (unpaired) electrons. The van der Waals surface area contributed by atoms with Crippen LogP contribution >= 0.6 is 0 Å². The number of esters is 1. The Kier molecular flexibility index (Phi) is 6.37. The zero-order chi connectivity index (χ0) is 16.7. The fourth-order valence-corrected chi connectivity index (χ4v) is 1.71. The number of urea groups is 1. The Morgan fingerprint density at radius 1 is 1.27 bits per heavy atom. The van der Waals surface area contributed by atoms with Crippen molar-refractivity contribution in [1.82, 2.24) is 5.32 Å². The lowest BCUT2D eigenvalue weighted by atomic mass is 10.1. The topological polar surface area (TPSA) is 108 Å². The molecule has 3 amide bonds. The molecule has 22 heavy (non-hydrogen) atoms. The summed E-state index contributed by atoms with van der Waals surface area (Å²) in [6, 6.07) is 6.18. The number of primary amides is 1. The van der Waals surface area contributed by atoms with E-state index in [9.17, 15) is 14.4 Å². The number of rotatable bonds is 6. The number of nitrogens with two attached hydrogens (primary N) is 1. The molecule has 0 bridgehead atoms. The lowest BCUT2D eigenvalue weighted by Crippen LogP contribution is -2.46. The van der Waals surface area contributed by atoms with E-state index >= 15 is 0 Å². The minimum atomic E-state index is -1.11. The van der Waals surface area contributed by atoms with Crippen LogP contribution in [0.25, 0.3) is 0 Å². The maximum Gasteiger partial charge on any atom is 0.344 e. The Morgan fingerprint density at radius 3 is 2.50 bits per heavy atom. The summed E-state index contributed by atoms with van der Waals surface area (Å²) >= 11 is 0. The summed E-state index contributed by atoms with van der Waals surface area (Å²) < 4.78 is 10.3. The Balaban J connectivity index is 2.56. The number of hydrogen-bond donors (Lipinski definition) is 2. The van der Waals surface area contributed by atoms with Gasteiger partial charge >= 0.3 is 12.0 Å². The van der Waals surface area contributed by atoms with Crippen molar-refractivity contribution >= 4 is 17.9 Å². The number of imide groups is 1. The highest BCUT2D eigenvalue weighted by Crippen LogP contribution is 2.13. The summed E-state index contributed by atoms with van der Waals surface area (Å²) in [5.74, 6) is -1.26. The van der Waals surface area contributed by atoms with Crippen molar-refractivity contribution in [1.29, 1.82) is 0 Å². The standard InChI is InChI=1S/C15H20N2O5/c1-9(2)13(14(19)17-15(16)20)22-12(18)8-21-11-6-4-5-10(3)7-11/h4-7,9,13H,8H2,1-3H3,(H3,16,17,19,20)/t13-/m0/s1. The number of aryl methyl sites for hydroxylation is 1. The highest BCUT2D eigenvalue weighted by atomic mass is 16.6. The SMILES string of the molecule is Cc1cccc(OCC(=O)O[C@H](C(=O)NC(N)=O)C(C)C)c1. The summed E-state index contributed by atoms with van der Waals surface area (Å²) in [5.41, 5.74) is 5.87. The van der Waals surface area contributed by atoms with E-state index in [2.05, 4.69) is 0 Å². The van der Waals surface area contributed by atoms with E-state index in [0.29, 0.717) is 5.75 Å². The number of benzene rings is 1. The monoisotopic (exact) mass is 308 g/mol. The van der Waals surface area contributed by atoms with Gasteiger partial charge in [-0.05, 0) is 30.5 Å². The second-order valence-electron chi connectivity index (χ2n) is 5.11. The van der Waals surface area contributed by atoms with Crippen molar-refractivity contribution < 1.29 is 23.9 Å². The summed E-state index contributed by atoms with van der Waals surface area (Å²) in [5, 5.41) is 1.89. The van der Waals surface area contributed by atoms with Gasteiger partial charge in [0.2, 0.25) is 0 Å². The fourth-order valence-electron chi connectivity index (χ4n) is 1.71.